The number of aliphatic carboxylic acids is 1. The molecular weight excluding hydrogens is 252 g/mol. The fraction of sp³-hybridized carbons (Fsp3) is 0.250. The number of nitrogens with one attached hydrogen (secondary N) is 1. The maximum Gasteiger partial charge on any atom is 0.311 e. The predicted octanol–water partition coefficient (Wildman–Crippen LogP) is 2.99. The Balaban J connectivity index is 1.93. The van der Waals surface area contributed by atoms with Gasteiger partial charge in [-0.2, -0.15) is 5.26 Å². The van der Waals surface area contributed by atoms with Crippen LogP contribution in [-0.2, 0) is 4.79 Å². The number of nitriles is 1. The highest BCUT2D eigenvalue weighted by molar-refractivity contribution is 5.97. The number of fused-ring (bicyclic) bond motifs is 1. The van der Waals surface area contributed by atoms with Gasteiger partial charge in [0.1, 0.15) is 0 Å². The number of anilines is 1. The smallest absolute Gasteiger partial charge is 0.311 e. The Bertz CT molecular complexity index is 727. The lowest BCUT2D eigenvalue weighted by Crippen LogP contribution is -2.24. The van der Waals surface area contributed by atoms with E-state index in [1.54, 1.807) is 6.07 Å². The first-order chi connectivity index (χ1) is 9.66. The Morgan fingerprint density at radius 3 is 2.55 bits per heavy atom. The van der Waals surface area contributed by atoms with Crippen LogP contribution in [0.5, 0.6) is 0 Å². The topological polar surface area (TPSA) is 73.1 Å². The molecule has 3 rings (SSSR count). The van der Waals surface area contributed by atoms with Crippen molar-refractivity contribution < 1.29 is 9.90 Å². The molecule has 4 nitrogen and oxygen atoms in total. The highest BCUT2D eigenvalue weighted by atomic mass is 16.4. The number of carboxylic acid groups (broad SMARTS) is 1. The van der Waals surface area contributed by atoms with Crippen LogP contribution < -0.4 is 5.32 Å². The molecule has 0 saturated heterocycles. The molecule has 1 saturated carbocycles. The zero-order valence-corrected chi connectivity index (χ0v) is 10.9. The third-order valence-corrected chi connectivity index (χ3v) is 3.97. The summed E-state index contributed by atoms with van der Waals surface area (Å²) in [7, 11) is 0. The van der Waals surface area contributed by atoms with E-state index < -0.39 is 11.4 Å². The highest BCUT2D eigenvalue weighted by Gasteiger charge is 2.50. The minimum absolute atomic E-state index is 0.429. The van der Waals surface area contributed by atoms with Crippen molar-refractivity contribution in [3.8, 4) is 6.07 Å². The summed E-state index contributed by atoms with van der Waals surface area (Å²) < 4.78 is 0. The lowest BCUT2D eigenvalue weighted by atomic mass is 10.0. The molecule has 0 atom stereocenters. The van der Waals surface area contributed by atoms with Gasteiger partial charge in [-0.3, -0.25) is 4.79 Å². The van der Waals surface area contributed by atoms with Gasteiger partial charge < -0.3 is 10.4 Å². The lowest BCUT2D eigenvalue weighted by Gasteiger charge is -2.14. The first kappa shape index (κ1) is 12.5. The number of rotatable bonds is 4. The van der Waals surface area contributed by atoms with E-state index >= 15 is 0 Å². The average Bonchev–Trinajstić information content (AvgIpc) is 3.26. The number of carboxylic acids is 1. The number of benzene rings is 2. The van der Waals surface area contributed by atoms with E-state index in [1.165, 1.54) is 0 Å². The van der Waals surface area contributed by atoms with Gasteiger partial charge in [0, 0.05) is 23.0 Å². The average molecular weight is 266 g/mol. The maximum atomic E-state index is 11.2. The molecule has 0 heterocycles. The third-order valence-electron chi connectivity index (χ3n) is 3.97. The Hall–Kier alpha value is -2.54. The quantitative estimate of drug-likeness (QED) is 0.892. The standard InChI is InChI=1S/C16H14N2O2/c17-9-11-5-6-14(13-4-2-1-3-12(11)13)18-10-16(7-8-16)15(19)20/h1-6,18H,7-8,10H2,(H,19,20). The monoisotopic (exact) mass is 266 g/mol. The van der Waals surface area contributed by atoms with Crippen LogP contribution in [0.15, 0.2) is 36.4 Å². The Morgan fingerprint density at radius 2 is 1.95 bits per heavy atom. The van der Waals surface area contributed by atoms with Gasteiger partial charge in [-0.1, -0.05) is 24.3 Å². The van der Waals surface area contributed by atoms with Crippen molar-refractivity contribution >= 4 is 22.4 Å². The molecule has 20 heavy (non-hydrogen) atoms. The highest BCUT2D eigenvalue weighted by Crippen LogP contribution is 2.46. The summed E-state index contributed by atoms with van der Waals surface area (Å²) in [6.07, 6.45) is 1.45. The van der Waals surface area contributed by atoms with Crippen molar-refractivity contribution in [2.45, 2.75) is 12.8 Å². The van der Waals surface area contributed by atoms with Gasteiger partial charge in [0.2, 0.25) is 0 Å². The van der Waals surface area contributed by atoms with Gasteiger partial charge in [0.05, 0.1) is 17.0 Å². The van der Waals surface area contributed by atoms with E-state index in [4.69, 9.17) is 5.26 Å². The minimum atomic E-state index is -0.733. The van der Waals surface area contributed by atoms with Gasteiger partial charge in [0.15, 0.2) is 0 Å². The largest absolute Gasteiger partial charge is 0.481 e. The first-order valence-electron chi connectivity index (χ1n) is 6.55. The summed E-state index contributed by atoms with van der Waals surface area (Å²) in [4.78, 5) is 11.2. The number of hydrogen-bond donors (Lipinski definition) is 2. The van der Waals surface area contributed by atoms with Crippen LogP contribution in [0.1, 0.15) is 18.4 Å². The second-order valence-electron chi connectivity index (χ2n) is 5.26. The first-order valence-corrected chi connectivity index (χ1v) is 6.55. The van der Waals surface area contributed by atoms with Crippen molar-refractivity contribution in [2.75, 3.05) is 11.9 Å². The summed E-state index contributed by atoms with van der Waals surface area (Å²) >= 11 is 0. The molecule has 4 heteroatoms. The molecule has 1 aliphatic rings. The molecule has 100 valence electrons. The number of carbonyl (C=O) groups is 1. The fourth-order valence-electron chi connectivity index (χ4n) is 2.43. The van der Waals surface area contributed by atoms with Crippen LogP contribution in [0.2, 0.25) is 0 Å². The second kappa shape index (κ2) is 4.53. The Morgan fingerprint density at radius 1 is 1.25 bits per heavy atom. The SMILES string of the molecule is N#Cc1ccc(NCC2(C(=O)O)CC2)c2ccccc12. The zero-order valence-electron chi connectivity index (χ0n) is 10.9. The van der Waals surface area contributed by atoms with E-state index in [0.717, 1.165) is 29.3 Å². The molecule has 0 aliphatic heterocycles. The molecule has 1 fully saturated rings. The van der Waals surface area contributed by atoms with Crippen LogP contribution in [0.3, 0.4) is 0 Å². The summed E-state index contributed by atoms with van der Waals surface area (Å²) in [6, 6.07) is 13.5. The van der Waals surface area contributed by atoms with Gasteiger partial charge >= 0.3 is 5.97 Å². The maximum absolute atomic E-state index is 11.2. The molecule has 0 radical (unpaired) electrons. The van der Waals surface area contributed by atoms with E-state index in [1.807, 2.05) is 30.3 Å². The molecule has 2 aromatic rings. The Kier molecular flexibility index (Phi) is 2.83. The molecule has 0 aromatic heterocycles. The van der Waals surface area contributed by atoms with Crippen LogP contribution in [-0.4, -0.2) is 17.6 Å². The van der Waals surface area contributed by atoms with E-state index in [9.17, 15) is 9.90 Å². The van der Waals surface area contributed by atoms with E-state index in [0.29, 0.717) is 12.1 Å². The normalized spacial score (nSPS) is 15.6. The second-order valence-corrected chi connectivity index (χ2v) is 5.26. The summed E-state index contributed by atoms with van der Waals surface area (Å²) in [5, 5.41) is 23.4. The summed E-state index contributed by atoms with van der Waals surface area (Å²) in [5.74, 6) is -0.733. The van der Waals surface area contributed by atoms with Gasteiger partial charge in [-0.05, 0) is 25.0 Å². The van der Waals surface area contributed by atoms with Crippen LogP contribution in [0.25, 0.3) is 10.8 Å². The fourth-order valence-corrected chi connectivity index (χ4v) is 2.43. The molecule has 1 aliphatic carbocycles. The van der Waals surface area contributed by atoms with Crippen LogP contribution >= 0.6 is 0 Å². The van der Waals surface area contributed by atoms with Crippen molar-refractivity contribution in [1.82, 2.24) is 0 Å². The van der Waals surface area contributed by atoms with E-state index in [2.05, 4.69) is 11.4 Å². The molecule has 0 bridgehead atoms. The molecular formula is C16H14N2O2. The van der Waals surface area contributed by atoms with Gasteiger partial charge in [0.25, 0.3) is 0 Å². The molecule has 2 aromatic carbocycles. The molecule has 0 amide bonds. The predicted molar refractivity (Wildman–Crippen MR) is 76.5 cm³/mol. The summed E-state index contributed by atoms with van der Waals surface area (Å²) in [6.45, 7) is 0.429. The Labute approximate surface area is 116 Å². The molecule has 0 spiro atoms. The summed E-state index contributed by atoms with van der Waals surface area (Å²) in [5.41, 5.74) is 0.910. The molecule has 0 unspecified atom stereocenters. The van der Waals surface area contributed by atoms with Crippen LogP contribution in [0, 0.1) is 16.7 Å². The van der Waals surface area contributed by atoms with Crippen molar-refractivity contribution in [3.05, 3.63) is 42.0 Å². The number of nitrogens with zero attached hydrogens (tertiary/aromatic N) is 1. The van der Waals surface area contributed by atoms with Gasteiger partial charge in [-0.25, -0.2) is 0 Å². The third kappa shape index (κ3) is 1.97. The van der Waals surface area contributed by atoms with Crippen molar-refractivity contribution in [2.24, 2.45) is 5.41 Å². The molecule has 2 N–H and O–H groups in total. The van der Waals surface area contributed by atoms with E-state index in [-0.39, 0.29) is 0 Å². The minimum Gasteiger partial charge on any atom is -0.481 e. The van der Waals surface area contributed by atoms with Crippen LogP contribution in [0.4, 0.5) is 5.69 Å². The zero-order chi connectivity index (χ0) is 14.2. The van der Waals surface area contributed by atoms with Crippen molar-refractivity contribution in [1.29, 1.82) is 5.26 Å². The number of hydrogen-bond acceptors (Lipinski definition) is 3. The van der Waals surface area contributed by atoms with Crippen molar-refractivity contribution in [3.63, 3.8) is 0 Å². The van der Waals surface area contributed by atoms with Gasteiger partial charge in [-0.15, -0.1) is 0 Å². The lowest BCUT2D eigenvalue weighted by molar-refractivity contribution is -0.142.